The third kappa shape index (κ3) is 3.67. The molecule has 0 saturated carbocycles. The van der Waals surface area contributed by atoms with Gasteiger partial charge >= 0.3 is 0 Å². The molecule has 2 rings (SSSR count). The summed E-state index contributed by atoms with van der Waals surface area (Å²) >= 11 is 0. The first-order valence-electron chi connectivity index (χ1n) is 7.47. The van der Waals surface area contributed by atoms with Gasteiger partial charge in [-0.25, -0.2) is 0 Å². The minimum Gasteiger partial charge on any atom is -0.309 e. The molecule has 0 aliphatic rings. The zero-order valence-electron chi connectivity index (χ0n) is 12.6. The first kappa shape index (κ1) is 14.7. The zero-order valence-corrected chi connectivity index (χ0v) is 12.6. The van der Waals surface area contributed by atoms with E-state index in [2.05, 4.69) is 48.4 Å². The highest BCUT2D eigenvalue weighted by Crippen LogP contribution is 2.20. The average Bonchev–Trinajstić information content (AvgIpc) is 2.89. The third-order valence-electron chi connectivity index (χ3n) is 3.43. The SMILES string of the molecule is CCCn1nc(CN[C@@H](C)CC)c(-c2ccccc2)n1. The number of hydrogen-bond acceptors (Lipinski definition) is 3. The zero-order chi connectivity index (χ0) is 14.4. The van der Waals surface area contributed by atoms with Gasteiger partial charge in [-0.15, -0.1) is 0 Å². The quantitative estimate of drug-likeness (QED) is 0.841. The van der Waals surface area contributed by atoms with Crippen LogP contribution in [0.4, 0.5) is 0 Å². The van der Waals surface area contributed by atoms with E-state index in [1.165, 1.54) is 0 Å². The smallest absolute Gasteiger partial charge is 0.117 e. The maximum atomic E-state index is 4.64. The molecule has 20 heavy (non-hydrogen) atoms. The van der Waals surface area contributed by atoms with Gasteiger partial charge in [0.05, 0.1) is 6.54 Å². The Morgan fingerprint density at radius 1 is 1.15 bits per heavy atom. The van der Waals surface area contributed by atoms with E-state index >= 15 is 0 Å². The maximum Gasteiger partial charge on any atom is 0.117 e. The van der Waals surface area contributed by atoms with Crippen LogP contribution in [0.1, 0.15) is 39.3 Å². The second-order valence-electron chi connectivity index (χ2n) is 5.15. The van der Waals surface area contributed by atoms with Gasteiger partial charge in [-0.1, -0.05) is 44.2 Å². The summed E-state index contributed by atoms with van der Waals surface area (Å²) in [7, 11) is 0. The standard InChI is InChI=1S/C16H24N4/c1-4-11-20-18-15(12-17-13(3)5-2)16(19-20)14-9-7-6-8-10-14/h6-10,13,17H,4-5,11-12H2,1-3H3/t13-/m0/s1. The molecule has 108 valence electrons. The summed E-state index contributed by atoms with van der Waals surface area (Å²) in [6, 6.07) is 10.8. The lowest BCUT2D eigenvalue weighted by molar-refractivity contribution is 0.503. The number of rotatable bonds is 7. The lowest BCUT2D eigenvalue weighted by Crippen LogP contribution is -2.25. The number of nitrogens with one attached hydrogen (secondary N) is 1. The van der Waals surface area contributed by atoms with Crippen molar-refractivity contribution in [2.45, 2.75) is 52.7 Å². The van der Waals surface area contributed by atoms with Gasteiger partial charge < -0.3 is 5.32 Å². The van der Waals surface area contributed by atoms with Crippen LogP contribution in [0.5, 0.6) is 0 Å². The van der Waals surface area contributed by atoms with E-state index in [1.807, 2.05) is 23.0 Å². The molecular weight excluding hydrogens is 248 g/mol. The van der Waals surface area contributed by atoms with E-state index in [-0.39, 0.29) is 0 Å². The minimum atomic E-state index is 0.495. The van der Waals surface area contributed by atoms with E-state index in [0.717, 1.165) is 42.9 Å². The normalized spacial score (nSPS) is 12.6. The molecule has 1 aromatic carbocycles. The largest absolute Gasteiger partial charge is 0.309 e. The van der Waals surface area contributed by atoms with Gasteiger partial charge in [0, 0.05) is 18.2 Å². The fourth-order valence-corrected chi connectivity index (χ4v) is 2.04. The number of aromatic nitrogens is 3. The Morgan fingerprint density at radius 2 is 1.90 bits per heavy atom. The van der Waals surface area contributed by atoms with Crippen LogP contribution >= 0.6 is 0 Å². The van der Waals surface area contributed by atoms with Crippen molar-refractivity contribution in [2.24, 2.45) is 0 Å². The van der Waals surface area contributed by atoms with E-state index in [9.17, 15) is 0 Å². The van der Waals surface area contributed by atoms with Crippen LogP contribution in [0.25, 0.3) is 11.3 Å². The van der Waals surface area contributed by atoms with Crippen molar-refractivity contribution in [2.75, 3.05) is 0 Å². The molecule has 0 radical (unpaired) electrons. The van der Waals surface area contributed by atoms with Crippen LogP contribution in [-0.4, -0.2) is 21.0 Å². The van der Waals surface area contributed by atoms with Gasteiger partial charge in [0.15, 0.2) is 0 Å². The molecule has 0 aliphatic carbocycles. The molecule has 0 fully saturated rings. The van der Waals surface area contributed by atoms with Gasteiger partial charge in [0.2, 0.25) is 0 Å². The van der Waals surface area contributed by atoms with E-state index in [1.54, 1.807) is 0 Å². The van der Waals surface area contributed by atoms with Crippen molar-refractivity contribution in [1.82, 2.24) is 20.3 Å². The molecule has 4 nitrogen and oxygen atoms in total. The predicted octanol–water partition coefficient (Wildman–Crippen LogP) is 3.24. The summed E-state index contributed by atoms with van der Waals surface area (Å²) in [5.41, 5.74) is 3.16. The number of nitrogens with zero attached hydrogens (tertiary/aromatic N) is 3. The first-order chi connectivity index (χ1) is 9.74. The second-order valence-corrected chi connectivity index (χ2v) is 5.15. The number of aryl methyl sites for hydroxylation is 1. The average molecular weight is 272 g/mol. The van der Waals surface area contributed by atoms with Gasteiger partial charge in [-0.3, -0.25) is 0 Å². The summed E-state index contributed by atoms with van der Waals surface area (Å²) in [4.78, 5) is 1.82. The van der Waals surface area contributed by atoms with Gasteiger partial charge in [0.25, 0.3) is 0 Å². The Kier molecular flexibility index (Phi) is 5.30. The second kappa shape index (κ2) is 7.20. The van der Waals surface area contributed by atoms with Crippen LogP contribution < -0.4 is 5.32 Å². The Hall–Kier alpha value is -1.68. The highest BCUT2D eigenvalue weighted by Gasteiger charge is 2.13. The first-order valence-corrected chi connectivity index (χ1v) is 7.47. The minimum absolute atomic E-state index is 0.495. The summed E-state index contributed by atoms with van der Waals surface area (Å²) < 4.78 is 0. The van der Waals surface area contributed by atoms with Crippen molar-refractivity contribution in [3.8, 4) is 11.3 Å². The van der Waals surface area contributed by atoms with Crippen LogP contribution in [0, 0.1) is 0 Å². The lowest BCUT2D eigenvalue weighted by Gasteiger charge is -2.10. The lowest BCUT2D eigenvalue weighted by atomic mass is 10.1. The number of hydrogen-bond donors (Lipinski definition) is 1. The molecule has 0 unspecified atom stereocenters. The fourth-order valence-electron chi connectivity index (χ4n) is 2.04. The van der Waals surface area contributed by atoms with E-state index < -0.39 is 0 Å². The summed E-state index contributed by atoms with van der Waals surface area (Å²) in [6.07, 6.45) is 2.16. The van der Waals surface area contributed by atoms with E-state index in [0.29, 0.717) is 6.04 Å². The van der Waals surface area contributed by atoms with Crippen LogP contribution in [0.2, 0.25) is 0 Å². The van der Waals surface area contributed by atoms with Crippen molar-refractivity contribution in [3.05, 3.63) is 36.0 Å². The molecule has 1 heterocycles. The highest BCUT2D eigenvalue weighted by atomic mass is 15.5. The predicted molar refractivity (Wildman–Crippen MR) is 82.3 cm³/mol. The van der Waals surface area contributed by atoms with Crippen LogP contribution in [0.15, 0.2) is 30.3 Å². The highest BCUT2D eigenvalue weighted by molar-refractivity contribution is 5.60. The van der Waals surface area contributed by atoms with Crippen molar-refractivity contribution < 1.29 is 0 Å². The van der Waals surface area contributed by atoms with Crippen molar-refractivity contribution in [3.63, 3.8) is 0 Å². The molecule has 1 N–H and O–H groups in total. The molecule has 0 saturated heterocycles. The summed E-state index contributed by atoms with van der Waals surface area (Å²) in [6.45, 7) is 8.15. The molecule has 2 aromatic rings. The van der Waals surface area contributed by atoms with Crippen molar-refractivity contribution >= 4 is 0 Å². The molecular formula is C16H24N4. The van der Waals surface area contributed by atoms with Gasteiger partial charge in [0.1, 0.15) is 11.4 Å². The van der Waals surface area contributed by atoms with Crippen LogP contribution in [-0.2, 0) is 13.1 Å². The Morgan fingerprint density at radius 3 is 2.55 bits per heavy atom. The molecule has 0 bridgehead atoms. The van der Waals surface area contributed by atoms with Crippen molar-refractivity contribution in [1.29, 1.82) is 0 Å². The topological polar surface area (TPSA) is 42.7 Å². The molecule has 0 amide bonds. The fraction of sp³-hybridized carbons (Fsp3) is 0.500. The molecule has 4 heteroatoms. The third-order valence-corrected chi connectivity index (χ3v) is 3.43. The molecule has 1 atom stereocenters. The van der Waals surface area contributed by atoms with E-state index in [4.69, 9.17) is 0 Å². The summed E-state index contributed by atoms with van der Waals surface area (Å²) in [5.74, 6) is 0. The number of benzene rings is 1. The monoisotopic (exact) mass is 272 g/mol. The Balaban J connectivity index is 2.24. The summed E-state index contributed by atoms with van der Waals surface area (Å²) in [5, 5.41) is 12.8. The van der Waals surface area contributed by atoms with Crippen LogP contribution in [0.3, 0.4) is 0 Å². The Bertz CT molecular complexity index is 519. The maximum absolute atomic E-state index is 4.64. The molecule has 0 aliphatic heterocycles. The van der Waals surface area contributed by atoms with Gasteiger partial charge in [-0.2, -0.15) is 15.0 Å². The molecule has 0 spiro atoms. The Labute approximate surface area is 121 Å². The molecule has 1 aromatic heterocycles. The van der Waals surface area contributed by atoms with Gasteiger partial charge in [-0.05, 0) is 19.8 Å².